The summed E-state index contributed by atoms with van der Waals surface area (Å²) >= 11 is 0. The van der Waals surface area contributed by atoms with Crippen LogP contribution in [0.3, 0.4) is 0 Å². The number of nitrogens with two attached hydrogens (primary N) is 1. The van der Waals surface area contributed by atoms with Gasteiger partial charge in [-0.25, -0.2) is 9.78 Å². The first-order chi connectivity index (χ1) is 8.66. The maximum absolute atomic E-state index is 11.0. The molecule has 0 aliphatic rings. The minimum absolute atomic E-state index is 0.214. The molecule has 3 aromatic rings. The number of aromatic nitrogens is 1. The van der Waals surface area contributed by atoms with Crippen LogP contribution in [-0.4, -0.2) is 16.1 Å². The Morgan fingerprint density at radius 1 is 1.06 bits per heavy atom. The van der Waals surface area contributed by atoms with Crippen LogP contribution in [-0.2, 0) is 0 Å². The van der Waals surface area contributed by atoms with Gasteiger partial charge in [0.05, 0.1) is 22.3 Å². The maximum atomic E-state index is 11.0. The van der Waals surface area contributed by atoms with E-state index in [1.165, 1.54) is 6.07 Å². The van der Waals surface area contributed by atoms with E-state index in [-0.39, 0.29) is 5.56 Å². The largest absolute Gasteiger partial charge is 0.478 e. The van der Waals surface area contributed by atoms with Crippen molar-refractivity contribution in [2.75, 3.05) is 5.73 Å². The van der Waals surface area contributed by atoms with Crippen LogP contribution < -0.4 is 5.73 Å². The van der Waals surface area contributed by atoms with Gasteiger partial charge in [-0.1, -0.05) is 18.2 Å². The second-order valence-electron chi connectivity index (χ2n) is 4.08. The Labute approximate surface area is 103 Å². The van der Waals surface area contributed by atoms with E-state index in [1.807, 2.05) is 24.3 Å². The zero-order chi connectivity index (χ0) is 12.7. The standard InChI is InChI=1S/C14H10N2O2/c15-13-9-3-1-2-4-11(9)16-12-6-5-8(14(17)18)7-10(12)13/h1-7H,(H2,15,16)(H,17,18). The number of pyridine rings is 1. The van der Waals surface area contributed by atoms with Gasteiger partial charge in [-0.05, 0) is 24.3 Å². The predicted octanol–water partition coefficient (Wildman–Crippen LogP) is 2.67. The molecule has 4 heteroatoms. The molecule has 0 amide bonds. The van der Waals surface area contributed by atoms with Crippen LogP contribution in [0, 0.1) is 0 Å². The number of hydrogen-bond acceptors (Lipinski definition) is 3. The van der Waals surface area contributed by atoms with Crippen molar-refractivity contribution in [3.05, 3.63) is 48.0 Å². The van der Waals surface area contributed by atoms with Gasteiger partial charge in [-0.3, -0.25) is 0 Å². The van der Waals surface area contributed by atoms with E-state index in [1.54, 1.807) is 12.1 Å². The zero-order valence-electron chi connectivity index (χ0n) is 9.42. The summed E-state index contributed by atoms with van der Waals surface area (Å²) in [5.41, 5.74) is 8.39. The van der Waals surface area contributed by atoms with Gasteiger partial charge in [0.15, 0.2) is 0 Å². The number of anilines is 1. The number of carbonyl (C=O) groups is 1. The number of nitrogens with zero attached hydrogens (tertiary/aromatic N) is 1. The van der Waals surface area contributed by atoms with Gasteiger partial charge >= 0.3 is 5.97 Å². The van der Waals surface area contributed by atoms with Crippen LogP contribution in [0.4, 0.5) is 5.69 Å². The fourth-order valence-electron chi connectivity index (χ4n) is 2.06. The summed E-state index contributed by atoms with van der Waals surface area (Å²) in [6.07, 6.45) is 0. The minimum Gasteiger partial charge on any atom is -0.478 e. The van der Waals surface area contributed by atoms with E-state index in [0.29, 0.717) is 16.6 Å². The third kappa shape index (κ3) is 1.47. The van der Waals surface area contributed by atoms with E-state index >= 15 is 0 Å². The third-order valence-corrected chi connectivity index (χ3v) is 2.97. The Balaban J connectivity index is 2.45. The summed E-state index contributed by atoms with van der Waals surface area (Å²) in [6.45, 7) is 0. The van der Waals surface area contributed by atoms with Crippen molar-refractivity contribution in [2.24, 2.45) is 0 Å². The Bertz CT molecular complexity index is 781. The number of nitrogen functional groups attached to an aromatic ring is 1. The maximum Gasteiger partial charge on any atom is 0.335 e. The van der Waals surface area contributed by atoms with Crippen molar-refractivity contribution >= 4 is 33.5 Å². The molecule has 88 valence electrons. The number of carboxylic acid groups (broad SMARTS) is 1. The molecule has 0 spiro atoms. The lowest BCUT2D eigenvalue weighted by atomic mass is 10.1. The van der Waals surface area contributed by atoms with Crippen molar-refractivity contribution in [3.63, 3.8) is 0 Å². The first-order valence-electron chi connectivity index (χ1n) is 5.48. The number of benzene rings is 2. The van der Waals surface area contributed by atoms with Gasteiger partial charge in [0.25, 0.3) is 0 Å². The van der Waals surface area contributed by atoms with E-state index in [9.17, 15) is 4.79 Å². The topological polar surface area (TPSA) is 76.2 Å². The highest BCUT2D eigenvalue weighted by atomic mass is 16.4. The molecule has 0 aliphatic heterocycles. The normalized spacial score (nSPS) is 10.9. The molecule has 0 unspecified atom stereocenters. The molecular formula is C14H10N2O2. The van der Waals surface area contributed by atoms with Crippen molar-refractivity contribution in [1.29, 1.82) is 0 Å². The Morgan fingerprint density at radius 3 is 2.56 bits per heavy atom. The van der Waals surface area contributed by atoms with Gasteiger partial charge in [-0.15, -0.1) is 0 Å². The quantitative estimate of drug-likeness (QED) is 0.639. The summed E-state index contributed by atoms with van der Waals surface area (Å²) in [5.74, 6) is -0.968. The molecule has 0 aliphatic carbocycles. The number of para-hydroxylation sites is 1. The molecule has 2 aromatic carbocycles. The van der Waals surface area contributed by atoms with Crippen LogP contribution in [0.15, 0.2) is 42.5 Å². The molecule has 3 rings (SSSR count). The SMILES string of the molecule is Nc1c2ccccc2nc2ccc(C(=O)O)cc12. The summed E-state index contributed by atoms with van der Waals surface area (Å²) in [4.78, 5) is 15.4. The fourth-order valence-corrected chi connectivity index (χ4v) is 2.06. The molecular weight excluding hydrogens is 228 g/mol. The second kappa shape index (κ2) is 3.70. The first kappa shape index (κ1) is 10.5. The summed E-state index contributed by atoms with van der Waals surface area (Å²) in [7, 11) is 0. The summed E-state index contributed by atoms with van der Waals surface area (Å²) in [5, 5.41) is 10.5. The van der Waals surface area contributed by atoms with Crippen LogP contribution in [0.2, 0.25) is 0 Å². The molecule has 0 saturated carbocycles. The van der Waals surface area contributed by atoms with Gasteiger partial charge in [0.1, 0.15) is 0 Å². The third-order valence-electron chi connectivity index (χ3n) is 2.97. The molecule has 1 aromatic heterocycles. The average molecular weight is 238 g/mol. The van der Waals surface area contributed by atoms with E-state index in [4.69, 9.17) is 10.8 Å². The number of fused-ring (bicyclic) bond motifs is 2. The number of aromatic carboxylic acids is 1. The molecule has 0 radical (unpaired) electrons. The predicted molar refractivity (Wildman–Crippen MR) is 70.6 cm³/mol. The van der Waals surface area contributed by atoms with Crippen LogP contribution in [0.5, 0.6) is 0 Å². The minimum atomic E-state index is -0.968. The average Bonchev–Trinajstić information content (AvgIpc) is 2.38. The highest BCUT2D eigenvalue weighted by Crippen LogP contribution is 2.28. The van der Waals surface area contributed by atoms with Gasteiger partial charge in [0.2, 0.25) is 0 Å². The molecule has 1 heterocycles. The van der Waals surface area contributed by atoms with Crippen molar-refractivity contribution in [3.8, 4) is 0 Å². The fraction of sp³-hybridized carbons (Fsp3) is 0. The summed E-state index contributed by atoms with van der Waals surface area (Å²) < 4.78 is 0. The second-order valence-corrected chi connectivity index (χ2v) is 4.08. The smallest absolute Gasteiger partial charge is 0.335 e. The lowest BCUT2D eigenvalue weighted by Crippen LogP contribution is -1.98. The van der Waals surface area contributed by atoms with Crippen molar-refractivity contribution in [2.45, 2.75) is 0 Å². The molecule has 0 saturated heterocycles. The van der Waals surface area contributed by atoms with E-state index in [0.717, 1.165) is 10.9 Å². The lowest BCUT2D eigenvalue weighted by Gasteiger charge is -2.07. The molecule has 3 N–H and O–H groups in total. The number of rotatable bonds is 1. The van der Waals surface area contributed by atoms with Gasteiger partial charge < -0.3 is 10.8 Å². The molecule has 0 fully saturated rings. The van der Waals surface area contributed by atoms with Crippen LogP contribution >= 0.6 is 0 Å². The number of hydrogen-bond donors (Lipinski definition) is 2. The van der Waals surface area contributed by atoms with Crippen molar-refractivity contribution in [1.82, 2.24) is 4.98 Å². The highest BCUT2D eigenvalue weighted by Gasteiger charge is 2.09. The molecule has 0 atom stereocenters. The van der Waals surface area contributed by atoms with Crippen LogP contribution in [0.1, 0.15) is 10.4 Å². The lowest BCUT2D eigenvalue weighted by molar-refractivity contribution is 0.0697. The highest BCUT2D eigenvalue weighted by molar-refractivity contribution is 6.08. The molecule has 18 heavy (non-hydrogen) atoms. The monoisotopic (exact) mass is 238 g/mol. The van der Waals surface area contributed by atoms with Gasteiger partial charge in [-0.2, -0.15) is 0 Å². The van der Waals surface area contributed by atoms with Crippen molar-refractivity contribution < 1.29 is 9.90 Å². The summed E-state index contributed by atoms with van der Waals surface area (Å²) in [6, 6.07) is 12.3. The Kier molecular flexibility index (Phi) is 2.16. The number of carboxylic acids is 1. The molecule has 0 bridgehead atoms. The van der Waals surface area contributed by atoms with E-state index < -0.39 is 5.97 Å². The Hall–Kier alpha value is -2.62. The van der Waals surface area contributed by atoms with Crippen LogP contribution in [0.25, 0.3) is 21.8 Å². The Morgan fingerprint density at radius 2 is 1.78 bits per heavy atom. The van der Waals surface area contributed by atoms with Gasteiger partial charge in [0, 0.05) is 10.8 Å². The first-order valence-corrected chi connectivity index (χ1v) is 5.48. The zero-order valence-corrected chi connectivity index (χ0v) is 9.42. The van der Waals surface area contributed by atoms with E-state index in [2.05, 4.69) is 4.98 Å². The molecule has 4 nitrogen and oxygen atoms in total.